The van der Waals surface area contributed by atoms with E-state index in [1.807, 2.05) is 0 Å². The largest absolute Gasteiger partial charge is 0.335 e. The molecule has 0 aromatic heterocycles. The van der Waals surface area contributed by atoms with Crippen LogP contribution in [-0.4, -0.2) is 12.3 Å². The Kier molecular flexibility index (Phi) is 10.00. The first-order valence-corrected chi connectivity index (χ1v) is 31.4. The fourth-order valence-electron chi connectivity index (χ4n) is 18.5. The van der Waals surface area contributed by atoms with Crippen LogP contribution < -0.4 is 31.1 Å². The second kappa shape index (κ2) is 16.1. The van der Waals surface area contributed by atoms with Gasteiger partial charge in [-0.2, -0.15) is 0 Å². The van der Waals surface area contributed by atoms with Gasteiger partial charge >= 0.3 is 0 Å². The third-order valence-electron chi connectivity index (χ3n) is 23.6. The van der Waals surface area contributed by atoms with Crippen LogP contribution in [-0.2, 0) is 37.9 Å². The van der Waals surface area contributed by atoms with Gasteiger partial charge in [-0.1, -0.05) is 193 Å². The van der Waals surface area contributed by atoms with Crippen molar-refractivity contribution in [2.75, 3.05) is 14.7 Å². The third-order valence-corrected chi connectivity index (χ3v) is 23.6. The van der Waals surface area contributed by atoms with E-state index in [0.29, 0.717) is 0 Å². The molecule has 3 nitrogen and oxygen atoms in total. The Hall–Kier alpha value is -6.78. The smallest absolute Gasteiger partial charge is 0.252 e. The fourth-order valence-corrected chi connectivity index (χ4v) is 18.5. The molecule has 0 bridgehead atoms. The molecule has 0 spiro atoms. The lowest BCUT2D eigenvalue weighted by Gasteiger charge is -2.54. The molecule has 8 aliphatic rings. The van der Waals surface area contributed by atoms with E-state index >= 15 is 0 Å². The van der Waals surface area contributed by atoms with Crippen LogP contribution in [0.1, 0.15) is 198 Å². The van der Waals surface area contributed by atoms with Crippen molar-refractivity contribution in [3.05, 3.63) is 196 Å². The Morgan fingerprint density at radius 1 is 0.427 bits per heavy atom. The molecule has 3 atom stereocenters. The van der Waals surface area contributed by atoms with Crippen LogP contribution in [0.4, 0.5) is 45.5 Å². The highest BCUT2D eigenvalue weighted by Gasteiger charge is 2.63. The molecule has 82 heavy (non-hydrogen) atoms. The van der Waals surface area contributed by atoms with E-state index < -0.39 is 5.41 Å². The van der Waals surface area contributed by atoms with Gasteiger partial charge in [0.1, 0.15) is 0 Å². The number of hydrogen-bond donors (Lipinski definition) is 0. The van der Waals surface area contributed by atoms with Crippen molar-refractivity contribution >= 4 is 68.6 Å². The first-order valence-electron chi connectivity index (χ1n) is 31.4. The van der Waals surface area contributed by atoms with Gasteiger partial charge in [-0.05, 0) is 217 Å². The van der Waals surface area contributed by atoms with Gasteiger partial charge in [-0.25, -0.2) is 0 Å². The van der Waals surface area contributed by atoms with Crippen molar-refractivity contribution in [1.29, 1.82) is 0 Å². The van der Waals surface area contributed by atoms with Crippen LogP contribution in [0.2, 0.25) is 0 Å². The second-order valence-electron chi connectivity index (χ2n) is 31.0. The zero-order valence-electron chi connectivity index (χ0n) is 51.4. The van der Waals surface area contributed by atoms with Crippen molar-refractivity contribution in [3.8, 4) is 22.3 Å². The minimum absolute atomic E-state index is 0.00510. The molecule has 1 fully saturated rings. The molecule has 4 aliphatic heterocycles. The molecule has 4 heterocycles. The molecule has 4 heteroatoms. The SMILES string of the molecule is CC(C)(C)c1cc2c3c(c1)C1(C)CCCCC1(C)N3c1cc(-c3ccccc3)c3c4c1B2c1ccc(N(c2ccc5c(c2)C(C)(C)CCC5(C)C)c2ccc5c(c2)C(C)(C)CCC5(C)C)cc1N4c1cccc2c1C3(C)c1ccccc1-2. The number of nitrogens with zero attached hydrogens (tertiary/aromatic N) is 3. The monoisotopic (exact) mass is 1070 g/mol. The van der Waals surface area contributed by atoms with Gasteiger partial charge in [0, 0.05) is 50.6 Å². The highest BCUT2D eigenvalue weighted by Crippen LogP contribution is 2.68. The molecule has 0 saturated heterocycles. The Balaban J connectivity index is 1.04. The summed E-state index contributed by atoms with van der Waals surface area (Å²) in [7, 11) is 0. The van der Waals surface area contributed by atoms with Crippen molar-refractivity contribution < 1.29 is 0 Å². The lowest BCUT2D eigenvalue weighted by Crippen LogP contribution is -2.65. The summed E-state index contributed by atoms with van der Waals surface area (Å²) < 4.78 is 0. The number of benzene rings is 8. The third kappa shape index (κ3) is 6.35. The summed E-state index contributed by atoms with van der Waals surface area (Å²) in [6, 6.07) is 59.1. The van der Waals surface area contributed by atoms with E-state index in [-0.39, 0.29) is 44.7 Å². The Labute approximate surface area is 490 Å². The van der Waals surface area contributed by atoms with E-state index in [9.17, 15) is 0 Å². The summed E-state index contributed by atoms with van der Waals surface area (Å²) in [5.41, 5.74) is 33.2. The second-order valence-corrected chi connectivity index (χ2v) is 31.0. The molecule has 4 aliphatic carbocycles. The predicted molar refractivity (Wildman–Crippen MR) is 349 cm³/mol. The topological polar surface area (TPSA) is 9.72 Å². The van der Waals surface area contributed by atoms with E-state index in [4.69, 9.17) is 0 Å². The number of fused-ring (bicyclic) bond motifs is 15. The van der Waals surface area contributed by atoms with Gasteiger partial charge in [0.15, 0.2) is 0 Å². The Bertz CT molecular complexity index is 4050. The summed E-state index contributed by atoms with van der Waals surface area (Å²) in [6.07, 6.45) is 9.58. The zero-order valence-corrected chi connectivity index (χ0v) is 51.4. The highest BCUT2D eigenvalue weighted by molar-refractivity contribution is 7.00. The minimum atomic E-state index is -0.430. The van der Waals surface area contributed by atoms with E-state index in [2.05, 4.69) is 257 Å². The van der Waals surface area contributed by atoms with Crippen molar-refractivity contribution in [2.45, 2.75) is 192 Å². The normalized spacial score (nSPS) is 24.3. The molecule has 0 N–H and O–H groups in total. The maximum atomic E-state index is 2.95. The van der Waals surface area contributed by atoms with Gasteiger partial charge in [0.25, 0.3) is 6.71 Å². The highest BCUT2D eigenvalue weighted by atomic mass is 15.3. The molecule has 412 valence electrons. The maximum absolute atomic E-state index is 2.95. The molecule has 8 aromatic carbocycles. The molecule has 0 amide bonds. The van der Waals surface area contributed by atoms with Crippen LogP contribution in [0.5, 0.6) is 0 Å². The summed E-state index contributed by atoms with van der Waals surface area (Å²) in [5.74, 6) is 0. The van der Waals surface area contributed by atoms with Gasteiger partial charge in [0.05, 0.1) is 11.2 Å². The van der Waals surface area contributed by atoms with Crippen LogP contribution in [0.25, 0.3) is 22.3 Å². The summed E-state index contributed by atoms with van der Waals surface area (Å²) in [4.78, 5) is 8.43. The molecule has 1 saturated carbocycles. The van der Waals surface area contributed by atoms with Gasteiger partial charge in [0.2, 0.25) is 0 Å². The van der Waals surface area contributed by atoms with E-state index in [1.54, 1.807) is 5.56 Å². The molecular formula is C78H82BN3. The molecule has 3 unspecified atom stereocenters. The first-order chi connectivity index (χ1) is 38.9. The van der Waals surface area contributed by atoms with Gasteiger partial charge in [-0.15, -0.1) is 0 Å². The van der Waals surface area contributed by atoms with Crippen LogP contribution >= 0.6 is 0 Å². The summed E-state index contributed by atoms with van der Waals surface area (Å²) >= 11 is 0. The van der Waals surface area contributed by atoms with E-state index in [1.165, 1.54) is 174 Å². The standard InChI is InChI=1S/C78H82BN3/c1-71(2,3)48-41-60-69-62(42-48)79-61-34-31-51(80(49-29-32-56-58(43-49)74(8,9)39-37-72(56,4)5)50-30-33-57-59(44-50)75(10,11)40-38-73(57,6)7)45-64(61)81-63-28-22-26-53-52-25-18-19-27-55(52)78(14,66(53)63)67-54(47-23-16-15-17-24-47)46-65(68(79)70(67)81)82(69)77(13)36-21-20-35-76(60,77)12/h15-19,22-34,41-46H,20-21,35-40H2,1-14H3. The quantitative estimate of drug-likeness (QED) is 0.163. The lowest BCUT2D eigenvalue weighted by atomic mass is 9.32. The van der Waals surface area contributed by atoms with Gasteiger partial charge < -0.3 is 14.7 Å². The molecule has 0 radical (unpaired) electrons. The van der Waals surface area contributed by atoms with Crippen molar-refractivity contribution in [2.24, 2.45) is 0 Å². The Morgan fingerprint density at radius 2 is 1.01 bits per heavy atom. The average Bonchev–Trinajstić information content (AvgIpc) is 1.47. The molecule has 8 aromatic rings. The number of hydrogen-bond acceptors (Lipinski definition) is 3. The molecule has 16 rings (SSSR count). The number of anilines is 8. The first kappa shape index (κ1) is 50.9. The molecular weight excluding hydrogens is 990 g/mol. The zero-order chi connectivity index (χ0) is 56.8. The van der Waals surface area contributed by atoms with Crippen molar-refractivity contribution in [1.82, 2.24) is 0 Å². The van der Waals surface area contributed by atoms with Crippen LogP contribution in [0.3, 0.4) is 0 Å². The fraction of sp³-hybridized carbons (Fsp3) is 0.385. The lowest BCUT2D eigenvalue weighted by molar-refractivity contribution is 0.195. The summed E-state index contributed by atoms with van der Waals surface area (Å²) in [5, 5.41) is 0. The van der Waals surface area contributed by atoms with Crippen LogP contribution in [0.15, 0.2) is 146 Å². The van der Waals surface area contributed by atoms with E-state index in [0.717, 1.165) is 6.42 Å². The average molecular weight is 1070 g/mol. The number of rotatable bonds is 4. The van der Waals surface area contributed by atoms with Crippen molar-refractivity contribution in [3.63, 3.8) is 0 Å². The predicted octanol–water partition coefficient (Wildman–Crippen LogP) is 18.8. The maximum Gasteiger partial charge on any atom is 0.252 e. The van der Waals surface area contributed by atoms with Crippen LogP contribution in [0, 0.1) is 0 Å². The van der Waals surface area contributed by atoms with Gasteiger partial charge in [-0.3, -0.25) is 0 Å². The Morgan fingerprint density at radius 3 is 1.67 bits per heavy atom. The summed E-state index contributed by atoms with van der Waals surface area (Å²) in [6.45, 7) is 35.0. The minimum Gasteiger partial charge on any atom is -0.335 e.